The van der Waals surface area contributed by atoms with Gasteiger partial charge in [0.05, 0.1) is 0 Å². The second-order valence-electron chi connectivity index (χ2n) is 6.04. The monoisotopic (exact) mass is 280 g/mol. The van der Waals surface area contributed by atoms with Crippen LogP contribution in [0.1, 0.15) is 51.5 Å². The quantitative estimate of drug-likeness (QED) is 0.861. The minimum Gasteiger partial charge on any atom is -0.326 e. The summed E-state index contributed by atoms with van der Waals surface area (Å²) in [5.74, 6) is 0. The molecule has 0 aliphatic carbocycles. The molecule has 0 radical (unpaired) electrons. The van der Waals surface area contributed by atoms with Gasteiger partial charge in [-0.15, -0.1) is 0 Å². The minimum absolute atomic E-state index is 0.177. The molecule has 19 heavy (non-hydrogen) atoms. The van der Waals surface area contributed by atoms with Crippen LogP contribution < -0.4 is 5.73 Å². The highest BCUT2D eigenvalue weighted by molar-refractivity contribution is 7.07. The number of nitrogens with zero attached hydrogens (tertiary/aromatic N) is 1. The fraction of sp³-hybridized carbons (Fsp3) is 0.750. The summed E-state index contributed by atoms with van der Waals surface area (Å²) in [6.45, 7) is 7.13. The van der Waals surface area contributed by atoms with Crippen molar-refractivity contribution in [3.05, 3.63) is 22.4 Å². The SMILES string of the molecule is CCC(C)(C(N)CCc1ccsc1)N1CCCCC1. The smallest absolute Gasteiger partial charge is 0.0329 e. The van der Waals surface area contributed by atoms with E-state index in [1.807, 2.05) is 0 Å². The molecule has 1 fully saturated rings. The van der Waals surface area contributed by atoms with E-state index in [1.165, 1.54) is 37.9 Å². The number of aryl methyl sites for hydroxylation is 1. The summed E-state index contributed by atoms with van der Waals surface area (Å²) >= 11 is 1.78. The molecule has 0 spiro atoms. The first kappa shape index (κ1) is 15.0. The lowest BCUT2D eigenvalue weighted by atomic mass is 9.83. The van der Waals surface area contributed by atoms with Gasteiger partial charge in [0.1, 0.15) is 0 Å². The Bertz CT molecular complexity index is 357. The highest BCUT2D eigenvalue weighted by Gasteiger charge is 2.36. The van der Waals surface area contributed by atoms with E-state index in [1.54, 1.807) is 11.3 Å². The van der Waals surface area contributed by atoms with Crippen molar-refractivity contribution in [2.24, 2.45) is 5.73 Å². The fourth-order valence-corrected chi connectivity index (χ4v) is 3.90. The first-order valence-corrected chi connectivity index (χ1v) is 8.63. The molecular formula is C16H28N2S. The normalized spacial score (nSPS) is 22.1. The van der Waals surface area contributed by atoms with E-state index in [2.05, 4.69) is 35.6 Å². The van der Waals surface area contributed by atoms with Crippen LogP contribution in [0, 0.1) is 0 Å². The van der Waals surface area contributed by atoms with Crippen LogP contribution >= 0.6 is 11.3 Å². The lowest BCUT2D eigenvalue weighted by molar-refractivity contribution is 0.0523. The minimum atomic E-state index is 0.177. The molecule has 1 saturated heterocycles. The van der Waals surface area contributed by atoms with Gasteiger partial charge in [-0.1, -0.05) is 13.3 Å². The largest absolute Gasteiger partial charge is 0.326 e. The van der Waals surface area contributed by atoms with Gasteiger partial charge in [0.2, 0.25) is 0 Å². The van der Waals surface area contributed by atoms with Gasteiger partial charge in [-0.05, 0) is 74.5 Å². The number of hydrogen-bond donors (Lipinski definition) is 1. The average molecular weight is 280 g/mol. The molecule has 1 aliphatic rings. The van der Waals surface area contributed by atoms with E-state index in [-0.39, 0.29) is 11.6 Å². The Hall–Kier alpha value is -0.380. The van der Waals surface area contributed by atoms with Crippen molar-refractivity contribution in [3.8, 4) is 0 Å². The summed E-state index contributed by atoms with van der Waals surface area (Å²) in [4.78, 5) is 2.65. The zero-order valence-corrected chi connectivity index (χ0v) is 13.2. The standard InChI is InChI=1S/C16H28N2S/c1-3-16(2,18-10-5-4-6-11-18)15(17)8-7-14-9-12-19-13-14/h9,12-13,15H,3-8,10-11,17H2,1-2H3. The summed E-state index contributed by atoms with van der Waals surface area (Å²) in [6.07, 6.45) is 7.43. The topological polar surface area (TPSA) is 29.3 Å². The zero-order valence-electron chi connectivity index (χ0n) is 12.4. The van der Waals surface area contributed by atoms with Gasteiger partial charge in [0.15, 0.2) is 0 Å². The summed E-state index contributed by atoms with van der Waals surface area (Å²) < 4.78 is 0. The van der Waals surface area contributed by atoms with E-state index < -0.39 is 0 Å². The fourth-order valence-electron chi connectivity index (χ4n) is 3.19. The average Bonchev–Trinajstić information content (AvgIpc) is 2.98. The highest BCUT2D eigenvalue weighted by Crippen LogP contribution is 2.28. The van der Waals surface area contributed by atoms with E-state index >= 15 is 0 Å². The van der Waals surface area contributed by atoms with E-state index in [0.717, 1.165) is 19.3 Å². The number of rotatable bonds is 6. The third kappa shape index (κ3) is 3.59. The van der Waals surface area contributed by atoms with Crippen molar-refractivity contribution < 1.29 is 0 Å². The van der Waals surface area contributed by atoms with Crippen molar-refractivity contribution in [3.63, 3.8) is 0 Å². The Balaban J connectivity index is 1.94. The molecule has 2 nitrogen and oxygen atoms in total. The number of thiophene rings is 1. The molecule has 2 N–H and O–H groups in total. The molecule has 1 aromatic heterocycles. The molecule has 1 aliphatic heterocycles. The van der Waals surface area contributed by atoms with Crippen molar-refractivity contribution >= 4 is 11.3 Å². The van der Waals surface area contributed by atoms with Gasteiger partial charge in [-0.3, -0.25) is 4.90 Å². The third-order valence-electron chi connectivity index (χ3n) is 4.92. The highest BCUT2D eigenvalue weighted by atomic mass is 32.1. The maximum Gasteiger partial charge on any atom is 0.0329 e. The van der Waals surface area contributed by atoms with Gasteiger partial charge < -0.3 is 5.73 Å². The molecule has 3 heteroatoms. The van der Waals surface area contributed by atoms with Crippen LogP contribution in [0.15, 0.2) is 16.8 Å². The van der Waals surface area contributed by atoms with Gasteiger partial charge >= 0.3 is 0 Å². The predicted molar refractivity (Wildman–Crippen MR) is 84.7 cm³/mol. The number of likely N-dealkylation sites (tertiary alicyclic amines) is 1. The van der Waals surface area contributed by atoms with Crippen LogP contribution in [0.2, 0.25) is 0 Å². The van der Waals surface area contributed by atoms with Crippen molar-refractivity contribution in [2.75, 3.05) is 13.1 Å². The molecule has 0 aromatic carbocycles. The first-order chi connectivity index (χ1) is 9.16. The zero-order chi connectivity index (χ0) is 13.7. The summed E-state index contributed by atoms with van der Waals surface area (Å²) in [6, 6.07) is 2.50. The summed E-state index contributed by atoms with van der Waals surface area (Å²) in [7, 11) is 0. The van der Waals surface area contributed by atoms with Crippen LogP contribution in [0.5, 0.6) is 0 Å². The Kier molecular flexibility index (Phi) is 5.43. The Morgan fingerprint density at radius 1 is 1.37 bits per heavy atom. The number of hydrogen-bond acceptors (Lipinski definition) is 3. The molecule has 0 amide bonds. The molecule has 2 atom stereocenters. The Labute approximate surface area is 122 Å². The van der Waals surface area contributed by atoms with Gasteiger partial charge in [-0.2, -0.15) is 11.3 Å². The third-order valence-corrected chi connectivity index (χ3v) is 5.65. The molecule has 2 rings (SSSR count). The maximum atomic E-state index is 6.57. The van der Waals surface area contributed by atoms with Gasteiger partial charge in [0, 0.05) is 11.6 Å². The van der Waals surface area contributed by atoms with E-state index in [9.17, 15) is 0 Å². The van der Waals surface area contributed by atoms with Crippen LogP contribution in [0.4, 0.5) is 0 Å². The Morgan fingerprint density at radius 3 is 2.68 bits per heavy atom. The van der Waals surface area contributed by atoms with Gasteiger partial charge in [-0.25, -0.2) is 0 Å². The molecule has 2 unspecified atom stereocenters. The van der Waals surface area contributed by atoms with Crippen LogP contribution in [-0.2, 0) is 6.42 Å². The van der Waals surface area contributed by atoms with E-state index in [0.29, 0.717) is 0 Å². The molecule has 0 saturated carbocycles. The summed E-state index contributed by atoms with van der Waals surface area (Å²) in [5.41, 5.74) is 8.19. The molecule has 108 valence electrons. The van der Waals surface area contributed by atoms with Gasteiger partial charge in [0.25, 0.3) is 0 Å². The lowest BCUT2D eigenvalue weighted by Gasteiger charge is -2.47. The maximum absolute atomic E-state index is 6.57. The molecular weight excluding hydrogens is 252 g/mol. The second kappa shape index (κ2) is 6.87. The van der Waals surface area contributed by atoms with Crippen LogP contribution in [0.3, 0.4) is 0 Å². The lowest BCUT2D eigenvalue weighted by Crippen LogP contribution is -2.59. The van der Waals surface area contributed by atoms with Crippen molar-refractivity contribution in [1.82, 2.24) is 4.90 Å². The molecule has 1 aromatic rings. The van der Waals surface area contributed by atoms with Crippen LogP contribution in [-0.4, -0.2) is 29.6 Å². The van der Waals surface area contributed by atoms with Crippen molar-refractivity contribution in [1.29, 1.82) is 0 Å². The van der Waals surface area contributed by atoms with Crippen molar-refractivity contribution in [2.45, 2.75) is 64.0 Å². The Morgan fingerprint density at radius 2 is 2.11 bits per heavy atom. The number of piperidine rings is 1. The molecule has 0 bridgehead atoms. The second-order valence-corrected chi connectivity index (χ2v) is 6.82. The van der Waals surface area contributed by atoms with Crippen LogP contribution in [0.25, 0.3) is 0 Å². The predicted octanol–water partition coefficient (Wildman–Crippen LogP) is 3.66. The summed E-state index contributed by atoms with van der Waals surface area (Å²) in [5, 5.41) is 4.40. The number of nitrogens with two attached hydrogens (primary N) is 1. The molecule has 2 heterocycles. The van der Waals surface area contributed by atoms with E-state index in [4.69, 9.17) is 5.73 Å². The first-order valence-electron chi connectivity index (χ1n) is 7.68.